The lowest BCUT2D eigenvalue weighted by Gasteiger charge is -2.20. The molecule has 2 N–H and O–H groups in total. The highest BCUT2D eigenvalue weighted by molar-refractivity contribution is 7.81. The number of aromatic carboxylic acids is 1. The van der Waals surface area contributed by atoms with E-state index in [9.17, 15) is 13.2 Å². The lowest BCUT2D eigenvalue weighted by atomic mass is 10.1. The molecule has 4 rings (SSSR count). The van der Waals surface area contributed by atoms with Crippen LogP contribution >= 0.6 is 34.8 Å². The van der Waals surface area contributed by atoms with Crippen LogP contribution in [0.25, 0.3) is 0 Å². The molecule has 0 fully saturated rings. The number of hydrogen-bond acceptors (Lipinski definition) is 6. The topological polar surface area (TPSA) is 128 Å². The Hall–Kier alpha value is -3.12. The van der Waals surface area contributed by atoms with Gasteiger partial charge >= 0.3 is 16.4 Å². The number of carboxylic acid groups (broad SMARTS) is 1. The largest absolute Gasteiger partial charge is 0.478 e. The van der Waals surface area contributed by atoms with Gasteiger partial charge in [0.05, 0.1) is 19.5 Å². The van der Waals surface area contributed by atoms with Crippen molar-refractivity contribution in [1.82, 2.24) is 9.55 Å². The Morgan fingerprint density at radius 3 is 2.29 bits per heavy atom. The van der Waals surface area contributed by atoms with Crippen LogP contribution < -0.4 is 4.18 Å². The molecule has 0 amide bonds. The van der Waals surface area contributed by atoms with Crippen molar-refractivity contribution in [1.29, 1.82) is 0 Å². The fourth-order valence-electron chi connectivity index (χ4n) is 3.20. The molecule has 0 aliphatic carbocycles. The minimum Gasteiger partial charge on any atom is -0.478 e. The molecular formula is C25H21Cl3N2O7S. The van der Waals surface area contributed by atoms with Crippen LogP contribution in [0, 0.1) is 0 Å². The Kier molecular flexibility index (Phi) is 10.5. The van der Waals surface area contributed by atoms with E-state index in [1.54, 1.807) is 18.6 Å². The number of benzene rings is 3. The number of imidazole rings is 1. The maximum atomic E-state index is 10.6. The van der Waals surface area contributed by atoms with Gasteiger partial charge < -0.3 is 18.6 Å². The Balaban J connectivity index is 0.000000244. The van der Waals surface area contributed by atoms with Crippen molar-refractivity contribution >= 4 is 51.2 Å². The number of aromatic nitrogens is 2. The van der Waals surface area contributed by atoms with E-state index < -0.39 is 22.1 Å². The fraction of sp³-hybridized carbons (Fsp3) is 0.120. The van der Waals surface area contributed by atoms with Gasteiger partial charge in [-0.2, -0.15) is 8.42 Å². The first kappa shape index (κ1) is 29.4. The zero-order chi connectivity index (χ0) is 27.7. The van der Waals surface area contributed by atoms with Crippen LogP contribution in [0.15, 0.2) is 85.5 Å². The van der Waals surface area contributed by atoms with Crippen molar-refractivity contribution < 1.29 is 31.8 Å². The van der Waals surface area contributed by atoms with Crippen LogP contribution in [0.5, 0.6) is 5.75 Å². The van der Waals surface area contributed by atoms with Gasteiger partial charge in [0.1, 0.15) is 11.7 Å². The van der Waals surface area contributed by atoms with E-state index in [-0.39, 0.29) is 11.7 Å². The summed E-state index contributed by atoms with van der Waals surface area (Å²) >= 11 is 18.3. The van der Waals surface area contributed by atoms with Gasteiger partial charge in [0.15, 0.2) is 5.75 Å². The van der Waals surface area contributed by atoms with E-state index in [2.05, 4.69) is 9.17 Å². The average Bonchev–Trinajstić information content (AvgIpc) is 3.36. The minimum atomic E-state index is -4.70. The number of carboxylic acids is 1. The van der Waals surface area contributed by atoms with E-state index in [1.165, 1.54) is 12.1 Å². The first-order valence-corrected chi connectivity index (χ1v) is 13.3. The summed E-state index contributed by atoms with van der Waals surface area (Å²) in [4.78, 5) is 14.6. The molecule has 9 nitrogen and oxygen atoms in total. The highest BCUT2D eigenvalue weighted by Gasteiger charge is 2.17. The van der Waals surface area contributed by atoms with Crippen LogP contribution in [0.3, 0.4) is 0 Å². The van der Waals surface area contributed by atoms with Gasteiger partial charge in [-0.25, -0.2) is 9.78 Å². The number of carbonyl (C=O) groups is 1. The molecule has 1 atom stereocenters. The van der Waals surface area contributed by atoms with E-state index in [1.807, 2.05) is 47.2 Å². The van der Waals surface area contributed by atoms with E-state index in [4.69, 9.17) is 49.2 Å². The normalized spacial score (nSPS) is 11.8. The molecule has 38 heavy (non-hydrogen) atoms. The van der Waals surface area contributed by atoms with Crippen LogP contribution in [0.2, 0.25) is 15.1 Å². The summed E-state index contributed by atoms with van der Waals surface area (Å²) in [5, 5.41) is 10.5. The second-order valence-electron chi connectivity index (χ2n) is 7.66. The summed E-state index contributed by atoms with van der Waals surface area (Å²) in [5.74, 6) is -1.77. The predicted molar refractivity (Wildman–Crippen MR) is 143 cm³/mol. The van der Waals surface area contributed by atoms with Gasteiger partial charge in [-0.05, 0) is 42.0 Å². The molecule has 0 spiro atoms. The number of rotatable bonds is 9. The van der Waals surface area contributed by atoms with E-state index in [0.717, 1.165) is 23.3 Å². The Morgan fingerprint density at radius 1 is 1.00 bits per heavy atom. The maximum absolute atomic E-state index is 10.6. The number of nitrogens with zero attached hydrogens (tertiary/aromatic N) is 2. The monoisotopic (exact) mass is 598 g/mol. The standard InChI is InChI=1S/C18H15Cl3N2O.C7H6O6S/c19-14-3-1-13(2-4-14)11-24-18(10-23-8-7-22-12-23)16-6-5-15(20)9-17(16)21;8-7(9)5-3-1-2-4-6(5)13-14(10,11)12/h1-9,12,18H,10-11H2;1-4H,(H,8,9)(H,10,11,12). The van der Waals surface area contributed by atoms with Crippen molar-refractivity contribution in [2.45, 2.75) is 19.3 Å². The molecular weight excluding hydrogens is 579 g/mol. The third kappa shape index (κ3) is 9.32. The van der Waals surface area contributed by atoms with E-state index in [0.29, 0.717) is 28.2 Å². The molecule has 0 aliphatic rings. The summed E-state index contributed by atoms with van der Waals surface area (Å²) in [6.45, 7) is 1.06. The molecule has 0 radical (unpaired) electrons. The second-order valence-corrected chi connectivity index (χ2v) is 9.97. The highest BCUT2D eigenvalue weighted by Crippen LogP contribution is 2.30. The van der Waals surface area contributed by atoms with Gasteiger partial charge in [0.2, 0.25) is 0 Å². The molecule has 0 saturated heterocycles. The third-order valence-corrected chi connectivity index (χ3v) is 6.13. The van der Waals surface area contributed by atoms with Gasteiger partial charge in [-0.3, -0.25) is 4.55 Å². The van der Waals surface area contributed by atoms with Crippen molar-refractivity contribution in [2.24, 2.45) is 0 Å². The highest BCUT2D eigenvalue weighted by atomic mass is 35.5. The summed E-state index contributed by atoms with van der Waals surface area (Å²) in [7, 11) is -4.70. The molecule has 1 unspecified atom stereocenters. The van der Waals surface area contributed by atoms with Gasteiger partial charge in [-0.15, -0.1) is 0 Å². The van der Waals surface area contributed by atoms with E-state index >= 15 is 0 Å². The predicted octanol–water partition coefficient (Wildman–Crippen LogP) is 6.37. The Labute approximate surface area is 234 Å². The van der Waals surface area contributed by atoms with Crippen molar-refractivity contribution in [3.8, 4) is 5.75 Å². The summed E-state index contributed by atoms with van der Waals surface area (Å²) < 4.78 is 41.1. The van der Waals surface area contributed by atoms with Gasteiger partial charge in [0, 0.05) is 33.0 Å². The molecule has 0 aliphatic heterocycles. The second kappa shape index (κ2) is 13.6. The molecule has 13 heteroatoms. The molecule has 0 bridgehead atoms. The lowest BCUT2D eigenvalue weighted by Crippen LogP contribution is -2.12. The number of ether oxygens (including phenoxy) is 1. The van der Waals surface area contributed by atoms with Crippen LogP contribution in [0.1, 0.15) is 27.6 Å². The zero-order valence-corrected chi connectivity index (χ0v) is 22.5. The smallest absolute Gasteiger partial charge is 0.446 e. The molecule has 4 aromatic rings. The van der Waals surface area contributed by atoms with Crippen molar-refractivity contribution in [3.05, 3.63) is 117 Å². The molecule has 1 heterocycles. The summed E-state index contributed by atoms with van der Waals surface area (Å²) in [6.07, 6.45) is 5.16. The first-order valence-electron chi connectivity index (χ1n) is 10.8. The fourth-order valence-corrected chi connectivity index (χ4v) is 4.22. The zero-order valence-electron chi connectivity index (χ0n) is 19.4. The minimum absolute atomic E-state index is 0.223. The van der Waals surface area contributed by atoms with Gasteiger partial charge in [-0.1, -0.05) is 65.1 Å². The Bertz CT molecular complexity index is 1460. The maximum Gasteiger partial charge on any atom is 0.446 e. The SMILES string of the molecule is Clc1ccc(COC(Cn2ccnc2)c2ccc(Cl)cc2Cl)cc1.O=C(O)c1ccccc1OS(=O)(=O)O. The third-order valence-electron chi connectivity index (χ3n) is 4.92. The van der Waals surface area contributed by atoms with Crippen molar-refractivity contribution in [2.75, 3.05) is 0 Å². The van der Waals surface area contributed by atoms with Crippen LogP contribution in [0.4, 0.5) is 0 Å². The van der Waals surface area contributed by atoms with Crippen LogP contribution in [-0.4, -0.2) is 33.6 Å². The average molecular weight is 600 g/mol. The number of halogens is 3. The van der Waals surface area contributed by atoms with Crippen molar-refractivity contribution in [3.63, 3.8) is 0 Å². The molecule has 3 aromatic carbocycles. The quantitative estimate of drug-likeness (QED) is 0.213. The number of para-hydroxylation sites is 1. The number of hydrogen-bond donors (Lipinski definition) is 2. The Morgan fingerprint density at radius 2 is 1.68 bits per heavy atom. The molecule has 1 aromatic heterocycles. The lowest BCUT2D eigenvalue weighted by molar-refractivity contribution is 0.0280. The molecule has 200 valence electrons. The summed E-state index contributed by atoms with van der Waals surface area (Å²) in [5.41, 5.74) is 1.59. The first-order chi connectivity index (χ1) is 18.0. The molecule has 0 saturated carbocycles. The van der Waals surface area contributed by atoms with Gasteiger partial charge in [0.25, 0.3) is 0 Å². The van der Waals surface area contributed by atoms with Crippen LogP contribution in [-0.2, 0) is 28.3 Å². The summed E-state index contributed by atoms with van der Waals surface area (Å²) in [6, 6.07) is 18.1.